The first kappa shape index (κ1) is 10.5. The Labute approximate surface area is 88.1 Å². The van der Waals surface area contributed by atoms with Crippen LogP contribution in [0.5, 0.6) is 0 Å². The third-order valence-electron chi connectivity index (χ3n) is 2.19. The maximum Gasteiger partial charge on any atom is 0.266 e. The maximum atomic E-state index is 13.3. The minimum absolute atomic E-state index is 0.101. The molecule has 2 aromatic rings. The van der Waals surface area contributed by atoms with Gasteiger partial charge in [-0.15, -0.1) is 0 Å². The van der Waals surface area contributed by atoms with Gasteiger partial charge in [-0.1, -0.05) is 0 Å². The normalized spacial score (nSPS) is 10.8. The zero-order chi connectivity index (χ0) is 11.9. The minimum Gasteiger partial charge on any atom is -0.295 e. The van der Waals surface area contributed by atoms with Gasteiger partial charge in [0.05, 0.1) is 5.69 Å². The Balaban J connectivity index is 2.64. The van der Waals surface area contributed by atoms with E-state index in [4.69, 9.17) is 0 Å². The summed E-state index contributed by atoms with van der Waals surface area (Å²) in [5, 5.41) is 2.52. The summed E-state index contributed by atoms with van der Waals surface area (Å²) >= 11 is 0. The number of H-pyrrole nitrogens is 1. The van der Waals surface area contributed by atoms with Crippen molar-refractivity contribution >= 4 is 0 Å². The van der Waals surface area contributed by atoms with Crippen LogP contribution in [0.1, 0.15) is 0 Å². The fourth-order valence-electron chi connectivity index (χ4n) is 1.36. The summed E-state index contributed by atoms with van der Waals surface area (Å²) in [6, 6.07) is 2.25. The van der Waals surface area contributed by atoms with Crippen molar-refractivity contribution in [3.8, 4) is 11.3 Å². The van der Waals surface area contributed by atoms with Crippen LogP contribution in [0.4, 0.5) is 13.2 Å². The Kier molecular flexibility index (Phi) is 2.34. The summed E-state index contributed by atoms with van der Waals surface area (Å²) in [5.41, 5.74) is -0.473. The largest absolute Gasteiger partial charge is 0.295 e. The Morgan fingerprint density at radius 1 is 1.06 bits per heavy atom. The van der Waals surface area contributed by atoms with Crippen molar-refractivity contribution in [3.63, 3.8) is 0 Å². The van der Waals surface area contributed by atoms with E-state index in [1.54, 1.807) is 0 Å². The van der Waals surface area contributed by atoms with E-state index in [0.29, 0.717) is 12.1 Å². The van der Waals surface area contributed by atoms with Crippen molar-refractivity contribution < 1.29 is 13.2 Å². The summed E-state index contributed by atoms with van der Waals surface area (Å²) in [5.74, 6) is -3.36. The zero-order valence-corrected chi connectivity index (χ0v) is 8.22. The summed E-state index contributed by atoms with van der Waals surface area (Å²) < 4.78 is 40.0. The average molecular weight is 228 g/mol. The van der Waals surface area contributed by atoms with Gasteiger partial charge >= 0.3 is 0 Å². The fourth-order valence-corrected chi connectivity index (χ4v) is 1.36. The van der Waals surface area contributed by atoms with Crippen LogP contribution in [0.15, 0.2) is 23.0 Å². The van der Waals surface area contributed by atoms with E-state index in [0.717, 1.165) is 10.7 Å². The number of aryl methyl sites for hydroxylation is 1. The van der Waals surface area contributed by atoms with E-state index >= 15 is 0 Å². The molecule has 1 N–H and O–H groups in total. The van der Waals surface area contributed by atoms with Gasteiger partial charge in [0, 0.05) is 24.7 Å². The quantitative estimate of drug-likeness (QED) is 0.742. The molecule has 0 spiro atoms. The van der Waals surface area contributed by atoms with Crippen LogP contribution in [-0.2, 0) is 7.05 Å². The minimum atomic E-state index is -1.26. The molecule has 2 rings (SSSR count). The van der Waals surface area contributed by atoms with E-state index < -0.39 is 17.5 Å². The highest BCUT2D eigenvalue weighted by Gasteiger charge is 2.13. The van der Waals surface area contributed by atoms with Gasteiger partial charge in [-0.05, 0) is 6.07 Å². The molecule has 1 heterocycles. The lowest BCUT2D eigenvalue weighted by Crippen LogP contribution is -2.09. The van der Waals surface area contributed by atoms with Crippen LogP contribution < -0.4 is 5.56 Å². The second kappa shape index (κ2) is 3.55. The highest BCUT2D eigenvalue weighted by Crippen LogP contribution is 2.22. The van der Waals surface area contributed by atoms with Gasteiger partial charge in [0.1, 0.15) is 5.82 Å². The Morgan fingerprint density at radius 3 is 2.25 bits per heavy atom. The van der Waals surface area contributed by atoms with Crippen LogP contribution in [0, 0.1) is 17.5 Å². The van der Waals surface area contributed by atoms with Gasteiger partial charge in [0.2, 0.25) is 0 Å². The average Bonchev–Trinajstić information content (AvgIpc) is 2.53. The van der Waals surface area contributed by atoms with Crippen molar-refractivity contribution in [1.82, 2.24) is 9.78 Å². The molecule has 16 heavy (non-hydrogen) atoms. The molecular formula is C10H7F3N2O. The summed E-state index contributed by atoms with van der Waals surface area (Å²) in [6.45, 7) is 0. The molecule has 84 valence electrons. The van der Waals surface area contributed by atoms with E-state index in [9.17, 15) is 18.0 Å². The molecule has 1 aromatic carbocycles. The van der Waals surface area contributed by atoms with Crippen LogP contribution in [0.25, 0.3) is 11.3 Å². The lowest BCUT2D eigenvalue weighted by molar-refractivity contribution is 0.496. The lowest BCUT2D eigenvalue weighted by atomic mass is 10.1. The van der Waals surface area contributed by atoms with Crippen molar-refractivity contribution in [1.29, 1.82) is 0 Å². The number of hydrogen-bond acceptors (Lipinski definition) is 1. The fraction of sp³-hybridized carbons (Fsp3) is 0.100. The standard InChI is InChI=1S/C10H7F3N2O/c1-15-10(16)4-9(14-15)5-2-7(12)8(13)3-6(5)11/h2-4,14H,1H3. The van der Waals surface area contributed by atoms with Crippen molar-refractivity contribution in [2.45, 2.75) is 0 Å². The number of aromatic amines is 1. The lowest BCUT2D eigenvalue weighted by Gasteiger charge is -2.01. The molecule has 0 atom stereocenters. The van der Waals surface area contributed by atoms with Crippen LogP contribution >= 0.6 is 0 Å². The maximum absolute atomic E-state index is 13.3. The first-order chi connectivity index (χ1) is 7.49. The van der Waals surface area contributed by atoms with Crippen molar-refractivity contribution in [2.24, 2.45) is 7.05 Å². The molecule has 6 heteroatoms. The first-order valence-electron chi connectivity index (χ1n) is 4.40. The van der Waals surface area contributed by atoms with E-state index in [1.165, 1.54) is 7.05 Å². The molecule has 1 aromatic heterocycles. The van der Waals surface area contributed by atoms with Gasteiger partial charge in [-0.3, -0.25) is 14.6 Å². The second-order valence-corrected chi connectivity index (χ2v) is 3.31. The number of halogens is 3. The molecule has 0 saturated heterocycles. The Hall–Kier alpha value is -1.98. The van der Waals surface area contributed by atoms with E-state index in [2.05, 4.69) is 5.10 Å². The monoisotopic (exact) mass is 228 g/mol. The molecule has 0 bridgehead atoms. The SMILES string of the molecule is Cn1[nH]c(-c2cc(F)c(F)cc2F)cc1=O. The zero-order valence-electron chi connectivity index (χ0n) is 8.22. The summed E-state index contributed by atoms with van der Waals surface area (Å²) in [6.07, 6.45) is 0. The van der Waals surface area contributed by atoms with Gasteiger partial charge in [-0.25, -0.2) is 13.2 Å². The number of nitrogens with zero attached hydrogens (tertiary/aromatic N) is 1. The van der Waals surface area contributed by atoms with Crippen LogP contribution in [0.3, 0.4) is 0 Å². The Morgan fingerprint density at radius 2 is 1.69 bits per heavy atom. The highest BCUT2D eigenvalue weighted by molar-refractivity contribution is 5.59. The summed E-state index contributed by atoms with van der Waals surface area (Å²) in [4.78, 5) is 11.1. The molecule has 0 aliphatic heterocycles. The molecule has 0 unspecified atom stereocenters. The summed E-state index contributed by atoms with van der Waals surface area (Å²) in [7, 11) is 1.43. The predicted octanol–water partition coefficient (Wildman–Crippen LogP) is 1.80. The topological polar surface area (TPSA) is 37.8 Å². The molecule has 0 aliphatic carbocycles. The Bertz CT molecular complexity index is 601. The number of aromatic nitrogens is 2. The number of nitrogens with one attached hydrogen (secondary N) is 1. The van der Waals surface area contributed by atoms with Crippen molar-refractivity contribution in [2.75, 3.05) is 0 Å². The molecular weight excluding hydrogens is 221 g/mol. The van der Waals surface area contributed by atoms with Gasteiger partial charge < -0.3 is 0 Å². The molecule has 0 radical (unpaired) electrons. The predicted molar refractivity (Wildman–Crippen MR) is 51.3 cm³/mol. The third-order valence-corrected chi connectivity index (χ3v) is 2.19. The molecule has 0 saturated carbocycles. The molecule has 0 aliphatic rings. The van der Waals surface area contributed by atoms with Gasteiger partial charge in [-0.2, -0.15) is 0 Å². The van der Waals surface area contributed by atoms with Crippen LogP contribution in [-0.4, -0.2) is 9.78 Å². The third kappa shape index (κ3) is 1.62. The van der Waals surface area contributed by atoms with Crippen LogP contribution in [0.2, 0.25) is 0 Å². The molecule has 0 fully saturated rings. The smallest absolute Gasteiger partial charge is 0.266 e. The van der Waals surface area contributed by atoms with Gasteiger partial charge in [0.25, 0.3) is 5.56 Å². The number of hydrogen-bond donors (Lipinski definition) is 1. The molecule has 0 amide bonds. The first-order valence-corrected chi connectivity index (χ1v) is 4.40. The number of rotatable bonds is 1. The highest BCUT2D eigenvalue weighted by atomic mass is 19.2. The van der Waals surface area contributed by atoms with E-state index in [-0.39, 0.29) is 16.8 Å². The number of benzene rings is 1. The van der Waals surface area contributed by atoms with Gasteiger partial charge in [0.15, 0.2) is 11.6 Å². The molecule has 3 nitrogen and oxygen atoms in total. The second-order valence-electron chi connectivity index (χ2n) is 3.31. The van der Waals surface area contributed by atoms with E-state index in [1.807, 2.05) is 0 Å². The van der Waals surface area contributed by atoms with Crippen molar-refractivity contribution in [3.05, 3.63) is 46.0 Å².